The molecule has 1 aliphatic rings. The molecule has 1 heterocycles. The van der Waals surface area contributed by atoms with Gasteiger partial charge < -0.3 is 0 Å². The average Bonchev–Trinajstić information content (AvgIpc) is 3.15. The van der Waals surface area contributed by atoms with E-state index in [2.05, 4.69) is 58.9 Å². The highest BCUT2D eigenvalue weighted by Gasteiger charge is 2.23. The van der Waals surface area contributed by atoms with E-state index in [0.717, 1.165) is 6.42 Å². The maximum atomic E-state index is 4.56. The predicted molar refractivity (Wildman–Crippen MR) is 98.3 cm³/mol. The van der Waals surface area contributed by atoms with Gasteiger partial charge in [-0.15, -0.1) is 11.3 Å². The summed E-state index contributed by atoms with van der Waals surface area (Å²) in [5, 5.41) is 8.91. The molecular formula is C21H17NS. The highest BCUT2D eigenvalue weighted by atomic mass is 32.1. The molecular weight excluding hydrogens is 298 g/mol. The van der Waals surface area contributed by atoms with Crippen LogP contribution < -0.4 is 0 Å². The van der Waals surface area contributed by atoms with E-state index in [1.54, 1.807) is 16.9 Å². The van der Waals surface area contributed by atoms with Gasteiger partial charge in [0.1, 0.15) is 0 Å². The van der Waals surface area contributed by atoms with E-state index in [1.807, 2.05) is 6.20 Å². The van der Waals surface area contributed by atoms with Crippen LogP contribution in [0.5, 0.6) is 0 Å². The van der Waals surface area contributed by atoms with Crippen molar-refractivity contribution in [3.8, 4) is 0 Å². The van der Waals surface area contributed by atoms with E-state index in [0.29, 0.717) is 5.92 Å². The lowest BCUT2D eigenvalue weighted by atomic mass is 9.81. The lowest BCUT2D eigenvalue weighted by Crippen LogP contribution is -2.13. The Kier molecular flexibility index (Phi) is 2.98. The molecule has 0 radical (unpaired) electrons. The zero-order valence-corrected chi connectivity index (χ0v) is 13.6. The van der Waals surface area contributed by atoms with Crippen molar-refractivity contribution in [2.24, 2.45) is 0 Å². The Bertz CT molecular complexity index is 1000. The van der Waals surface area contributed by atoms with Gasteiger partial charge in [0, 0.05) is 17.5 Å². The molecule has 0 saturated heterocycles. The molecule has 3 aromatic carbocycles. The van der Waals surface area contributed by atoms with E-state index in [9.17, 15) is 0 Å². The van der Waals surface area contributed by atoms with Gasteiger partial charge in [0.2, 0.25) is 0 Å². The fourth-order valence-electron chi connectivity index (χ4n) is 4.00. The van der Waals surface area contributed by atoms with Crippen LogP contribution in [0.3, 0.4) is 0 Å². The molecule has 1 aliphatic carbocycles. The smallest absolute Gasteiger partial charge is 0.0959 e. The standard InChI is InChI=1S/C21H17NS/c1-2-4-17-14(3-1)7-10-19-18(17)9-8-15-5-6-16(13-20(15)19)21-22-11-12-23-21/h1-4,7-12,16H,5-6,13H2. The summed E-state index contributed by atoms with van der Waals surface area (Å²) < 4.78 is 0. The van der Waals surface area contributed by atoms with Gasteiger partial charge in [-0.1, -0.05) is 48.5 Å². The van der Waals surface area contributed by atoms with Crippen molar-refractivity contribution >= 4 is 32.9 Å². The molecule has 0 fully saturated rings. The maximum absolute atomic E-state index is 4.56. The van der Waals surface area contributed by atoms with Gasteiger partial charge in [0.05, 0.1) is 5.01 Å². The Morgan fingerprint density at radius 1 is 0.913 bits per heavy atom. The molecule has 1 atom stereocenters. The third-order valence-electron chi connectivity index (χ3n) is 5.15. The molecule has 5 rings (SSSR count). The molecule has 1 nitrogen and oxygen atoms in total. The van der Waals surface area contributed by atoms with Crippen LogP contribution in [0.4, 0.5) is 0 Å². The molecule has 4 aromatic rings. The number of benzene rings is 3. The summed E-state index contributed by atoms with van der Waals surface area (Å²) in [6, 6.07) is 18.0. The van der Waals surface area contributed by atoms with E-state index in [-0.39, 0.29) is 0 Å². The second-order valence-corrected chi connectivity index (χ2v) is 7.32. The van der Waals surface area contributed by atoms with Crippen molar-refractivity contribution < 1.29 is 0 Å². The number of hydrogen-bond donors (Lipinski definition) is 0. The Labute approximate surface area is 139 Å². The minimum atomic E-state index is 0.583. The number of thiazole rings is 1. The van der Waals surface area contributed by atoms with E-state index >= 15 is 0 Å². The topological polar surface area (TPSA) is 12.9 Å². The number of aryl methyl sites for hydroxylation is 1. The zero-order valence-electron chi connectivity index (χ0n) is 12.8. The van der Waals surface area contributed by atoms with Crippen LogP contribution in [0.1, 0.15) is 28.5 Å². The van der Waals surface area contributed by atoms with Crippen molar-refractivity contribution in [1.82, 2.24) is 4.98 Å². The van der Waals surface area contributed by atoms with E-state index < -0.39 is 0 Å². The van der Waals surface area contributed by atoms with Crippen LogP contribution >= 0.6 is 11.3 Å². The molecule has 0 N–H and O–H groups in total. The summed E-state index contributed by atoms with van der Waals surface area (Å²) in [6.45, 7) is 0. The summed E-state index contributed by atoms with van der Waals surface area (Å²) in [7, 11) is 0. The monoisotopic (exact) mass is 315 g/mol. The van der Waals surface area contributed by atoms with Crippen molar-refractivity contribution in [3.63, 3.8) is 0 Å². The summed E-state index contributed by atoms with van der Waals surface area (Å²) in [5.74, 6) is 0.583. The van der Waals surface area contributed by atoms with Crippen LogP contribution in [-0.4, -0.2) is 4.98 Å². The van der Waals surface area contributed by atoms with Crippen LogP contribution in [0.2, 0.25) is 0 Å². The highest BCUT2D eigenvalue weighted by Crippen LogP contribution is 2.38. The third kappa shape index (κ3) is 2.09. The Balaban J connectivity index is 1.72. The number of rotatable bonds is 1. The predicted octanol–water partition coefficient (Wildman–Crippen LogP) is 5.72. The van der Waals surface area contributed by atoms with E-state index in [1.165, 1.54) is 45.0 Å². The third-order valence-corrected chi connectivity index (χ3v) is 6.09. The summed E-state index contributed by atoms with van der Waals surface area (Å²) in [6.07, 6.45) is 5.45. The second-order valence-electron chi connectivity index (χ2n) is 6.40. The Morgan fingerprint density at radius 3 is 2.74 bits per heavy atom. The molecule has 0 aliphatic heterocycles. The fraction of sp³-hybridized carbons (Fsp3) is 0.190. The molecule has 0 amide bonds. The normalized spacial score (nSPS) is 17.5. The molecule has 1 unspecified atom stereocenters. The quantitative estimate of drug-likeness (QED) is 0.409. The first-order valence-corrected chi connectivity index (χ1v) is 9.10. The van der Waals surface area contributed by atoms with Crippen LogP contribution in [0, 0.1) is 0 Å². The minimum Gasteiger partial charge on any atom is -0.249 e. The van der Waals surface area contributed by atoms with Crippen LogP contribution in [0.25, 0.3) is 21.5 Å². The second kappa shape index (κ2) is 5.17. The molecule has 0 bridgehead atoms. The first-order chi connectivity index (χ1) is 11.4. The van der Waals surface area contributed by atoms with Gasteiger partial charge in [-0.2, -0.15) is 0 Å². The largest absolute Gasteiger partial charge is 0.249 e. The van der Waals surface area contributed by atoms with Crippen molar-refractivity contribution in [1.29, 1.82) is 0 Å². The van der Waals surface area contributed by atoms with E-state index in [4.69, 9.17) is 0 Å². The first-order valence-electron chi connectivity index (χ1n) is 8.22. The van der Waals surface area contributed by atoms with Gasteiger partial charge in [-0.25, -0.2) is 4.98 Å². The zero-order chi connectivity index (χ0) is 15.2. The van der Waals surface area contributed by atoms with Crippen molar-refractivity contribution in [2.75, 3.05) is 0 Å². The lowest BCUT2D eigenvalue weighted by molar-refractivity contribution is 0.585. The summed E-state index contributed by atoms with van der Waals surface area (Å²) in [5.41, 5.74) is 3.07. The van der Waals surface area contributed by atoms with Gasteiger partial charge in [-0.05, 0) is 51.9 Å². The van der Waals surface area contributed by atoms with Gasteiger partial charge >= 0.3 is 0 Å². The Hall–Kier alpha value is -2.19. The molecule has 0 saturated carbocycles. The molecule has 2 heteroatoms. The van der Waals surface area contributed by atoms with Crippen molar-refractivity contribution in [2.45, 2.75) is 25.2 Å². The molecule has 112 valence electrons. The Morgan fingerprint density at radius 2 is 1.83 bits per heavy atom. The van der Waals surface area contributed by atoms with Gasteiger partial charge in [0.15, 0.2) is 0 Å². The SMILES string of the molecule is c1ccc2c(c1)ccc1c3c(ccc12)CCC(c1nccs1)C3. The molecule has 0 spiro atoms. The minimum absolute atomic E-state index is 0.583. The molecule has 23 heavy (non-hydrogen) atoms. The lowest BCUT2D eigenvalue weighted by Gasteiger charge is -2.25. The summed E-state index contributed by atoms with van der Waals surface area (Å²) >= 11 is 1.80. The number of fused-ring (bicyclic) bond motifs is 5. The van der Waals surface area contributed by atoms with Crippen LogP contribution in [0.15, 0.2) is 60.1 Å². The first kappa shape index (κ1) is 13.3. The molecule has 1 aromatic heterocycles. The average molecular weight is 315 g/mol. The highest BCUT2D eigenvalue weighted by molar-refractivity contribution is 7.09. The number of hydrogen-bond acceptors (Lipinski definition) is 2. The number of aromatic nitrogens is 1. The van der Waals surface area contributed by atoms with Gasteiger partial charge in [-0.3, -0.25) is 0 Å². The maximum Gasteiger partial charge on any atom is 0.0959 e. The van der Waals surface area contributed by atoms with Crippen molar-refractivity contribution in [3.05, 3.63) is 76.2 Å². The van der Waals surface area contributed by atoms with Gasteiger partial charge in [0.25, 0.3) is 0 Å². The summed E-state index contributed by atoms with van der Waals surface area (Å²) in [4.78, 5) is 4.56. The fourth-order valence-corrected chi connectivity index (χ4v) is 4.77. The van der Waals surface area contributed by atoms with Crippen LogP contribution in [-0.2, 0) is 12.8 Å². The number of nitrogens with zero attached hydrogens (tertiary/aromatic N) is 1.